The van der Waals surface area contributed by atoms with Crippen molar-refractivity contribution < 1.29 is 24.2 Å². The summed E-state index contributed by atoms with van der Waals surface area (Å²) in [6.45, 7) is 13.0. The molecule has 3 atom stereocenters. The van der Waals surface area contributed by atoms with Gasteiger partial charge in [-0.25, -0.2) is 9.78 Å². The predicted octanol–water partition coefficient (Wildman–Crippen LogP) is 3.32. The van der Waals surface area contributed by atoms with Crippen LogP contribution in [0.5, 0.6) is 0 Å². The van der Waals surface area contributed by atoms with Crippen LogP contribution in [0.1, 0.15) is 45.5 Å². The number of hydrogen-bond donors (Lipinski definition) is 2. The third-order valence-electron chi connectivity index (χ3n) is 6.95. The largest absolute Gasteiger partial charge is 0.477 e. The molecule has 2 aliphatic heterocycles. The Hall–Kier alpha value is -2.01. The van der Waals surface area contributed by atoms with Crippen LogP contribution in [0, 0.1) is 5.92 Å². The number of aromatic nitrogens is 2. The molecule has 4 heterocycles. The number of carbonyl (C=O) groups is 2. The maximum atomic E-state index is 12.5. The molecule has 168 valence electrons. The van der Waals surface area contributed by atoms with Gasteiger partial charge in [0.15, 0.2) is 8.32 Å². The standard InChI is InChI=1S/C21H29N3O5SSi/c1-11(25)16-14-7-12(17(20(27)28)24(14)18(16)26)15-9-30-19-13(22-10-23(15)19)8-29-31(5,6)21(2,3)4/h9-11,14,16,25H,7-8H2,1-6H3,(H,27,28)/t11-,14-,16-/m1/s1. The number of hydrogen-bond acceptors (Lipinski definition) is 6. The van der Waals surface area contributed by atoms with Gasteiger partial charge in [-0.1, -0.05) is 20.8 Å². The van der Waals surface area contributed by atoms with Crippen molar-refractivity contribution in [2.24, 2.45) is 5.92 Å². The lowest BCUT2D eigenvalue weighted by Crippen LogP contribution is -2.61. The van der Waals surface area contributed by atoms with Gasteiger partial charge in [-0.2, -0.15) is 0 Å². The van der Waals surface area contributed by atoms with E-state index in [-0.39, 0.29) is 22.7 Å². The van der Waals surface area contributed by atoms with E-state index in [0.29, 0.717) is 18.6 Å². The molecule has 1 fully saturated rings. The smallest absolute Gasteiger partial charge is 0.352 e. The maximum absolute atomic E-state index is 12.5. The van der Waals surface area contributed by atoms with E-state index >= 15 is 0 Å². The molecule has 4 rings (SSSR count). The number of carboxylic acids is 1. The van der Waals surface area contributed by atoms with Gasteiger partial charge in [0.2, 0.25) is 5.91 Å². The van der Waals surface area contributed by atoms with Gasteiger partial charge in [0.1, 0.15) is 22.5 Å². The highest BCUT2D eigenvalue weighted by atomic mass is 32.1. The maximum Gasteiger partial charge on any atom is 0.352 e. The summed E-state index contributed by atoms with van der Waals surface area (Å²) in [4.78, 5) is 31.3. The minimum absolute atomic E-state index is 0.0133. The Morgan fingerprint density at radius 3 is 2.68 bits per heavy atom. The molecule has 10 heteroatoms. The van der Waals surface area contributed by atoms with Crippen molar-refractivity contribution in [3.05, 3.63) is 28.8 Å². The molecule has 0 aromatic carbocycles. The molecule has 0 unspecified atom stereocenters. The van der Waals surface area contributed by atoms with Crippen molar-refractivity contribution in [2.45, 2.75) is 71.0 Å². The molecule has 2 N–H and O–H groups in total. The highest BCUT2D eigenvalue weighted by Gasteiger charge is 2.57. The Morgan fingerprint density at radius 2 is 2.10 bits per heavy atom. The normalized spacial score (nSPS) is 22.8. The number of nitrogens with zero attached hydrogens (tertiary/aromatic N) is 3. The summed E-state index contributed by atoms with van der Waals surface area (Å²) >= 11 is 1.49. The fraction of sp³-hybridized carbons (Fsp3) is 0.571. The first-order valence-corrected chi connectivity index (χ1v) is 14.2. The third kappa shape index (κ3) is 3.36. The van der Waals surface area contributed by atoms with Gasteiger partial charge in [-0.3, -0.25) is 9.20 Å². The average molecular weight is 464 g/mol. The van der Waals surface area contributed by atoms with E-state index in [4.69, 9.17) is 4.43 Å². The average Bonchev–Trinajstić information content (AvgIpc) is 3.30. The zero-order chi connectivity index (χ0) is 22.9. The van der Waals surface area contributed by atoms with E-state index in [9.17, 15) is 19.8 Å². The monoisotopic (exact) mass is 463 g/mol. The minimum Gasteiger partial charge on any atom is -0.477 e. The Bertz CT molecular complexity index is 1090. The van der Waals surface area contributed by atoms with Crippen LogP contribution in [0.15, 0.2) is 17.4 Å². The summed E-state index contributed by atoms with van der Waals surface area (Å²) in [6, 6.07) is -0.312. The van der Waals surface area contributed by atoms with Gasteiger partial charge in [0.05, 0.1) is 30.4 Å². The number of rotatable bonds is 6. The van der Waals surface area contributed by atoms with Crippen LogP contribution in [-0.2, 0) is 20.6 Å². The van der Waals surface area contributed by atoms with Gasteiger partial charge < -0.3 is 19.5 Å². The van der Waals surface area contributed by atoms with Crippen molar-refractivity contribution in [1.29, 1.82) is 0 Å². The van der Waals surface area contributed by atoms with Gasteiger partial charge in [-0.05, 0) is 31.5 Å². The number of β-lactam (4-membered cyclic amide) rings is 1. The molecule has 2 aliphatic rings. The van der Waals surface area contributed by atoms with Crippen LogP contribution in [0.25, 0.3) is 10.4 Å². The third-order valence-corrected chi connectivity index (χ3v) is 12.4. The number of amides is 1. The second-order valence-corrected chi connectivity index (χ2v) is 15.6. The molecular formula is C21H29N3O5SSi. The predicted molar refractivity (Wildman–Crippen MR) is 120 cm³/mol. The quantitative estimate of drug-likeness (QED) is 0.503. The number of aliphatic carboxylic acids is 1. The van der Waals surface area contributed by atoms with Crippen LogP contribution in [-0.4, -0.2) is 56.8 Å². The van der Waals surface area contributed by atoms with E-state index in [0.717, 1.165) is 16.2 Å². The highest BCUT2D eigenvalue weighted by molar-refractivity contribution is 7.16. The first-order chi connectivity index (χ1) is 14.3. The lowest BCUT2D eigenvalue weighted by molar-refractivity contribution is -0.161. The van der Waals surface area contributed by atoms with Crippen LogP contribution in [0.2, 0.25) is 18.1 Å². The Morgan fingerprint density at radius 1 is 1.42 bits per heavy atom. The number of carboxylic acid groups (broad SMARTS) is 1. The fourth-order valence-corrected chi connectivity index (χ4v) is 6.03. The molecule has 0 aliphatic carbocycles. The summed E-state index contributed by atoms with van der Waals surface area (Å²) < 4.78 is 8.21. The van der Waals surface area contributed by atoms with E-state index in [1.807, 2.05) is 9.78 Å². The summed E-state index contributed by atoms with van der Waals surface area (Å²) in [5.41, 5.74) is 2.18. The van der Waals surface area contributed by atoms with Crippen LogP contribution in [0.4, 0.5) is 0 Å². The zero-order valence-electron chi connectivity index (χ0n) is 18.7. The fourth-order valence-electron chi connectivity index (χ4n) is 4.12. The SMILES string of the molecule is C[C@@H](O)[C@H]1C(=O)N2C(C(=O)O)=C(c3csc4c(CO[Si](C)(C)C(C)(C)C)ncn34)C[C@H]12. The summed E-state index contributed by atoms with van der Waals surface area (Å²) in [5, 5.41) is 21.8. The van der Waals surface area contributed by atoms with Crippen molar-refractivity contribution in [3.8, 4) is 0 Å². The highest BCUT2D eigenvalue weighted by Crippen LogP contribution is 2.47. The van der Waals surface area contributed by atoms with E-state index in [2.05, 4.69) is 38.8 Å². The number of carbonyl (C=O) groups excluding carboxylic acids is 1. The number of aliphatic hydroxyl groups is 1. The lowest BCUT2D eigenvalue weighted by Gasteiger charge is -2.44. The molecule has 0 radical (unpaired) electrons. The number of aliphatic hydroxyl groups excluding tert-OH is 1. The van der Waals surface area contributed by atoms with Gasteiger partial charge in [0, 0.05) is 11.0 Å². The number of thiazole rings is 1. The lowest BCUT2D eigenvalue weighted by atomic mass is 9.83. The Balaban J connectivity index is 1.66. The summed E-state index contributed by atoms with van der Waals surface area (Å²) in [7, 11) is -1.93. The molecule has 0 spiro atoms. The van der Waals surface area contributed by atoms with Crippen molar-refractivity contribution in [3.63, 3.8) is 0 Å². The molecular weight excluding hydrogens is 434 g/mol. The molecule has 1 saturated heterocycles. The van der Waals surface area contributed by atoms with E-state index in [1.165, 1.54) is 16.2 Å². The van der Waals surface area contributed by atoms with Crippen LogP contribution in [0.3, 0.4) is 0 Å². The molecule has 0 bridgehead atoms. The molecule has 1 amide bonds. The molecule has 2 aromatic rings. The van der Waals surface area contributed by atoms with Gasteiger partial charge in [-0.15, -0.1) is 11.3 Å². The van der Waals surface area contributed by atoms with Crippen molar-refractivity contribution >= 4 is 41.9 Å². The van der Waals surface area contributed by atoms with E-state index < -0.39 is 26.3 Å². The van der Waals surface area contributed by atoms with Gasteiger partial charge in [0.25, 0.3) is 0 Å². The molecule has 0 saturated carbocycles. The summed E-state index contributed by atoms with van der Waals surface area (Å²) in [6.07, 6.45) is 1.29. The topological polar surface area (TPSA) is 104 Å². The van der Waals surface area contributed by atoms with Crippen molar-refractivity contribution in [1.82, 2.24) is 14.3 Å². The summed E-state index contributed by atoms with van der Waals surface area (Å²) in [5.74, 6) is -2.01. The van der Waals surface area contributed by atoms with Crippen LogP contribution < -0.4 is 0 Å². The molecule has 2 aromatic heterocycles. The Kier molecular flexibility index (Phi) is 5.20. The minimum atomic E-state index is -1.93. The van der Waals surface area contributed by atoms with E-state index in [1.54, 1.807) is 13.3 Å². The number of imidazole rings is 1. The number of fused-ring (bicyclic) bond motifs is 2. The zero-order valence-corrected chi connectivity index (χ0v) is 20.5. The first-order valence-electron chi connectivity index (χ1n) is 10.4. The van der Waals surface area contributed by atoms with Crippen molar-refractivity contribution in [2.75, 3.05) is 0 Å². The first kappa shape index (κ1) is 22.2. The van der Waals surface area contributed by atoms with Crippen LogP contribution >= 0.6 is 11.3 Å². The molecule has 31 heavy (non-hydrogen) atoms. The second kappa shape index (κ2) is 7.26. The van der Waals surface area contributed by atoms with Gasteiger partial charge >= 0.3 is 5.97 Å². The Labute approximate surface area is 186 Å². The molecule has 8 nitrogen and oxygen atoms in total. The second-order valence-electron chi connectivity index (χ2n) is 9.91.